The molecule has 17 heavy (non-hydrogen) atoms. The molecule has 0 radical (unpaired) electrons. The van der Waals surface area contributed by atoms with E-state index < -0.39 is 0 Å². The van der Waals surface area contributed by atoms with Gasteiger partial charge in [-0.25, -0.2) is 4.39 Å². The summed E-state index contributed by atoms with van der Waals surface area (Å²) in [6.45, 7) is 7.02. The summed E-state index contributed by atoms with van der Waals surface area (Å²) >= 11 is 0. The number of halogens is 1. The fourth-order valence-corrected chi connectivity index (χ4v) is 2.66. The maximum absolute atomic E-state index is 13.1. The summed E-state index contributed by atoms with van der Waals surface area (Å²) in [4.78, 5) is 2.31. The summed E-state index contributed by atoms with van der Waals surface area (Å²) in [5.74, 6) is -0.202. The molecule has 0 saturated carbocycles. The van der Waals surface area contributed by atoms with E-state index in [2.05, 4.69) is 18.7 Å². The van der Waals surface area contributed by atoms with Crippen LogP contribution < -0.4 is 10.6 Å². The van der Waals surface area contributed by atoms with Crippen LogP contribution in [0.1, 0.15) is 32.3 Å². The van der Waals surface area contributed by atoms with Crippen LogP contribution in [0.5, 0.6) is 0 Å². The van der Waals surface area contributed by atoms with Gasteiger partial charge in [0.15, 0.2) is 0 Å². The first-order valence-corrected chi connectivity index (χ1v) is 6.37. The minimum atomic E-state index is -0.202. The standard InChI is InChI=1S/C14H21FN2/c1-3-14(4-2)9-17(10-14)13-6-5-12(15)7-11(13)8-16/h5-7H,3-4,8-10,16H2,1-2H3. The van der Waals surface area contributed by atoms with Crippen molar-refractivity contribution in [2.45, 2.75) is 33.2 Å². The van der Waals surface area contributed by atoms with Crippen molar-refractivity contribution >= 4 is 5.69 Å². The Balaban J connectivity index is 2.16. The molecule has 0 spiro atoms. The highest BCUT2D eigenvalue weighted by molar-refractivity contribution is 5.56. The van der Waals surface area contributed by atoms with Crippen LogP contribution in [-0.2, 0) is 6.54 Å². The zero-order valence-electron chi connectivity index (χ0n) is 10.7. The van der Waals surface area contributed by atoms with Crippen LogP contribution in [0, 0.1) is 11.2 Å². The van der Waals surface area contributed by atoms with Gasteiger partial charge < -0.3 is 10.6 Å². The van der Waals surface area contributed by atoms with E-state index in [1.165, 1.54) is 18.9 Å². The monoisotopic (exact) mass is 236 g/mol. The molecule has 0 bridgehead atoms. The van der Waals surface area contributed by atoms with Crippen molar-refractivity contribution in [3.8, 4) is 0 Å². The number of hydrogen-bond donors (Lipinski definition) is 1. The molecule has 2 N–H and O–H groups in total. The molecule has 2 rings (SSSR count). The molecule has 3 heteroatoms. The minimum Gasteiger partial charge on any atom is -0.370 e. The van der Waals surface area contributed by atoms with Crippen molar-refractivity contribution < 1.29 is 4.39 Å². The summed E-state index contributed by atoms with van der Waals surface area (Å²) < 4.78 is 13.1. The highest BCUT2D eigenvalue weighted by Gasteiger charge is 2.40. The molecule has 2 nitrogen and oxygen atoms in total. The van der Waals surface area contributed by atoms with Crippen LogP contribution in [0.2, 0.25) is 0 Å². The lowest BCUT2D eigenvalue weighted by Gasteiger charge is -2.51. The Morgan fingerprint density at radius 2 is 1.94 bits per heavy atom. The average Bonchev–Trinajstić information content (AvgIpc) is 2.30. The summed E-state index contributed by atoms with van der Waals surface area (Å²) in [6, 6.07) is 4.92. The van der Waals surface area contributed by atoms with Crippen molar-refractivity contribution in [1.29, 1.82) is 0 Å². The van der Waals surface area contributed by atoms with Gasteiger partial charge in [0, 0.05) is 30.7 Å². The Morgan fingerprint density at radius 3 is 2.47 bits per heavy atom. The third kappa shape index (κ3) is 2.16. The van der Waals surface area contributed by atoms with E-state index in [9.17, 15) is 4.39 Å². The van der Waals surface area contributed by atoms with Crippen molar-refractivity contribution in [1.82, 2.24) is 0 Å². The van der Waals surface area contributed by atoms with Gasteiger partial charge in [-0.1, -0.05) is 13.8 Å². The predicted octanol–water partition coefficient (Wildman–Crippen LogP) is 2.91. The van der Waals surface area contributed by atoms with Crippen molar-refractivity contribution in [2.24, 2.45) is 11.1 Å². The Morgan fingerprint density at radius 1 is 1.29 bits per heavy atom. The Kier molecular flexibility index (Phi) is 3.38. The predicted molar refractivity (Wildman–Crippen MR) is 69.5 cm³/mol. The largest absolute Gasteiger partial charge is 0.370 e. The maximum Gasteiger partial charge on any atom is 0.123 e. The molecule has 0 aliphatic carbocycles. The van der Waals surface area contributed by atoms with Gasteiger partial charge in [0.1, 0.15) is 5.82 Å². The molecular formula is C14H21FN2. The van der Waals surface area contributed by atoms with E-state index in [0.717, 1.165) is 24.3 Å². The van der Waals surface area contributed by atoms with Crippen LogP contribution in [0.4, 0.5) is 10.1 Å². The summed E-state index contributed by atoms with van der Waals surface area (Å²) in [7, 11) is 0. The number of rotatable bonds is 4. The zero-order valence-corrected chi connectivity index (χ0v) is 10.7. The molecule has 1 fully saturated rings. The maximum atomic E-state index is 13.1. The van der Waals surface area contributed by atoms with Crippen LogP contribution in [0.3, 0.4) is 0 Å². The lowest BCUT2D eigenvalue weighted by atomic mass is 9.75. The van der Waals surface area contributed by atoms with Crippen LogP contribution >= 0.6 is 0 Å². The normalized spacial score (nSPS) is 18.0. The minimum absolute atomic E-state index is 0.202. The third-order valence-corrected chi connectivity index (χ3v) is 4.15. The molecule has 0 atom stereocenters. The smallest absolute Gasteiger partial charge is 0.123 e. The SMILES string of the molecule is CCC1(CC)CN(c2ccc(F)cc2CN)C1. The molecular weight excluding hydrogens is 215 g/mol. The van der Waals surface area contributed by atoms with E-state index in [4.69, 9.17) is 5.73 Å². The molecule has 1 aromatic rings. The van der Waals surface area contributed by atoms with E-state index in [1.54, 1.807) is 6.07 Å². The fourth-order valence-electron chi connectivity index (χ4n) is 2.66. The number of nitrogens with two attached hydrogens (primary N) is 1. The van der Waals surface area contributed by atoms with Gasteiger partial charge in [0.2, 0.25) is 0 Å². The average molecular weight is 236 g/mol. The number of anilines is 1. The molecule has 0 amide bonds. The van der Waals surface area contributed by atoms with Gasteiger partial charge >= 0.3 is 0 Å². The molecule has 1 saturated heterocycles. The van der Waals surface area contributed by atoms with Gasteiger partial charge in [-0.2, -0.15) is 0 Å². The highest BCUT2D eigenvalue weighted by atomic mass is 19.1. The lowest BCUT2D eigenvalue weighted by molar-refractivity contribution is 0.194. The molecule has 94 valence electrons. The van der Waals surface area contributed by atoms with E-state index in [0.29, 0.717) is 12.0 Å². The number of hydrogen-bond acceptors (Lipinski definition) is 2. The highest BCUT2D eigenvalue weighted by Crippen LogP contribution is 2.40. The molecule has 1 aliphatic rings. The molecule has 1 aliphatic heterocycles. The second kappa shape index (κ2) is 4.65. The fraction of sp³-hybridized carbons (Fsp3) is 0.571. The Bertz CT molecular complexity index is 391. The van der Waals surface area contributed by atoms with Crippen LogP contribution in [0.25, 0.3) is 0 Å². The third-order valence-electron chi connectivity index (χ3n) is 4.15. The molecule has 1 heterocycles. The topological polar surface area (TPSA) is 29.3 Å². The Hall–Kier alpha value is -1.09. The van der Waals surface area contributed by atoms with Crippen molar-refractivity contribution in [3.63, 3.8) is 0 Å². The first kappa shape index (κ1) is 12.4. The van der Waals surface area contributed by atoms with Gasteiger partial charge in [-0.15, -0.1) is 0 Å². The molecule has 0 unspecified atom stereocenters. The quantitative estimate of drug-likeness (QED) is 0.871. The van der Waals surface area contributed by atoms with Gasteiger partial charge in [-0.05, 0) is 36.6 Å². The first-order chi connectivity index (χ1) is 8.14. The number of benzene rings is 1. The van der Waals surface area contributed by atoms with Gasteiger partial charge in [0.05, 0.1) is 0 Å². The zero-order chi connectivity index (χ0) is 12.5. The summed E-state index contributed by atoms with van der Waals surface area (Å²) in [5, 5.41) is 0. The second-order valence-electron chi connectivity index (χ2n) is 5.04. The summed E-state index contributed by atoms with van der Waals surface area (Å²) in [6.07, 6.45) is 2.41. The van der Waals surface area contributed by atoms with Crippen molar-refractivity contribution in [2.75, 3.05) is 18.0 Å². The van der Waals surface area contributed by atoms with Crippen LogP contribution in [0.15, 0.2) is 18.2 Å². The van der Waals surface area contributed by atoms with Gasteiger partial charge in [0.25, 0.3) is 0 Å². The number of nitrogens with zero attached hydrogens (tertiary/aromatic N) is 1. The van der Waals surface area contributed by atoms with Gasteiger partial charge in [-0.3, -0.25) is 0 Å². The van der Waals surface area contributed by atoms with Crippen molar-refractivity contribution in [3.05, 3.63) is 29.6 Å². The second-order valence-corrected chi connectivity index (χ2v) is 5.04. The van der Waals surface area contributed by atoms with E-state index in [1.807, 2.05) is 6.07 Å². The Labute approximate surface area is 103 Å². The summed E-state index contributed by atoms with van der Waals surface area (Å²) in [5.41, 5.74) is 8.15. The first-order valence-electron chi connectivity index (χ1n) is 6.37. The molecule has 1 aromatic carbocycles. The molecule has 0 aromatic heterocycles. The van der Waals surface area contributed by atoms with E-state index >= 15 is 0 Å². The lowest BCUT2D eigenvalue weighted by Crippen LogP contribution is -2.56. The van der Waals surface area contributed by atoms with E-state index in [-0.39, 0.29) is 5.82 Å². The van der Waals surface area contributed by atoms with Crippen LogP contribution in [-0.4, -0.2) is 13.1 Å².